The van der Waals surface area contributed by atoms with Gasteiger partial charge in [0.1, 0.15) is 11.4 Å². The highest BCUT2D eigenvalue weighted by atomic mass is 35.5. The average Bonchev–Trinajstić information content (AvgIpc) is 3.30. The molecule has 0 atom stereocenters. The fourth-order valence-electron chi connectivity index (χ4n) is 3.57. The molecule has 3 heterocycles. The Morgan fingerprint density at radius 3 is 2.50 bits per heavy atom. The number of hydrogen-bond acceptors (Lipinski definition) is 2. The summed E-state index contributed by atoms with van der Waals surface area (Å²) < 4.78 is 3.66. The summed E-state index contributed by atoms with van der Waals surface area (Å²) in [5.74, 6) is 0.647. The monoisotopic (exact) mass is 416 g/mol. The summed E-state index contributed by atoms with van der Waals surface area (Å²) in [6, 6.07) is 11.1. The number of amides is 1. The summed E-state index contributed by atoms with van der Waals surface area (Å²) in [7, 11) is 1.96. The highest BCUT2D eigenvalue weighted by Gasteiger charge is 2.26. The number of nitrogens with zero attached hydrogens (tertiary/aromatic N) is 4. The fraction of sp³-hybridized carbons (Fsp3) is 0.333. The van der Waals surface area contributed by atoms with E-state index in [2.05, 4.69) is 6.92 Å². The first kappa shape index (κ1) is 19.1. The Bertz CT molecular complexity index is 1020. The number of hydrogen-bond donors (Lipinski definition) is 0. The summed E-state index contributed by atoms with van der Waals surface area (Å²) in [6.07, 6.45) is 4.01. The van der Waals surface area contributed by atoms with Crippen molar-refractivity contribution in [3.8, 4) is 17.1 Å². The first-order valence-electron chi connectivity index (χ1n) is 9.40. The van der Waals surface area contributed by atoms with E-state index in [1.54, 1.807) is 16.8 Å². The summed E-state index contributed by atoms with van der Waals surface area (Å²) in [6.45, 7) is 3.77. The van der Waals surface area contributed by atoms with Crippen LogP contribution in [0.5, 0.6) is 0 Å². The number of likely N-dealkylation sites (tertiary alicyclic amines) is 1. The third kappa shape index (κ3) is 3.56. The van der Waals surface area contributed by atoms with Crippen molar-refractivity contribution in [3.63, 3.8) is 0 Å². The maximum Gasteiger partial charge on any atom is 0.272 e. The molecule has 3 aromatic rings. The second-order valence-electron chi connectivity index (χ2n) is 7.40. The van der Waals surface area contributed by atoms with Crippen LogP contribution in [0.15, 0.2) is 42.6 Å². The molecule has 1 saturated heterocycles. The van der Waals surface area contributed by atoms with Crippen molar-refractivity contribution in [2.75, 3.05) is 13.1 Å². The lowest BCUT2D eigenvalue weighted by molar-refractivity contribution is 0.0688. The molecule has 1 aliphatic heterocycles. The van der Waals surface area contributed by atoms with Crippen molar-refractivity contribution >= 4 is 29.1 Å². The number of halogens is 2. The lowest BCUT2D eigenvalue weighted by Gasteiger charge is -2.30. The van der Waals surface area contributed by atoms with Crippen LogP contribution in [0, 0.1) is 5.92 Å². The minimum atomic E-state index is -0.00840. The van der Waals surface area contributed by atoms with E-state index in [-0.39, 0.29) is 5.91 Å². The van der Waals surface area contributed by atoms with Gasteiger partial charge < -0.3 is 9.47 Å². The van der Waals surface area contributed by atoms with Crippen LogP contribution in [0.3, 0.4) is 0 Å². The second kappa shape index (κ2) is 7.64. The Morgan fingerprint density at radius 1 is 1.11 bits per heavy atom. The normalized spacial score (nSPS) is 15.2. The van der Waals surface area contributed by atoms with E-state index in [0.29, 0.717) is 27.3 Å². The molecule has 28 heavy (non-hydrogen) atoms. The van der Waals surface area contributed by atoms with Gasteiger partial charge in [0.15, 0.2) is 0 Å². The quantitative estimate of drug-likeness (QED) is 0.598. The highest BCUT2D eigenvalue weighted by Crippen LogP contribution is 2.28. The predicted molar refractivity (Wildman–Crippen MR) is 112 cm³/mol. The Labute approximate surface area is 174 Å². The molecule has 0 saturated carbocycles. The van der Waals surface area contributed by atoms with Crippen LogP contribution in [0.4, 0.5) is 0 Å². The molecule has 0 unspecified atom stereocenters. The Kier molecular flexibility index (Phi) is 5.21. The zero-order valence-electron chi connectivity index (χ0n) is 15.9. The second-order valence-corrected chi connectivity index (χ2v) is 8.22. The third-order valence-electron chi connectivity index (χ3n) is 5.35. The van der Waals surface area contributed by atoms with Gasteiger partial charge in [-0.15, -0.1) is 0 Å². The van der Waals surface area contributed by atoms with Crippen LogP contribution in [0.1, 0.15) is 30.3 Å². The van der Waals surface area contributed by atoms with Crippen LogP contribution in [0.25, 0.3) is 17.1 Å². The molecule has 0 spiro atoms. The van der Waals surface area contributed by atoms with Crippen LogP contribution in [0.2, 0.25) is 10.0 Å². The minimum Gasteiger partial charge on any atom is -0.349 e. The number of rotatable bonds is 3. The number of benzene rings is 1. The SMILES string of the molecule is CC1CCN(C(=O)c2cc(-c3cccn3C)nn2-c2ccc(Cl)c(Cl)c2)CC1. The van der Waals surface area contributed by atoms with Gasteiger partial charge in [-0.2, -0.15) is 5.10 Å². The average molecular weight is 417 g/mol. The van der Waals surface area contributed by atoms with Gasteiger partial charge in [0.2, 0.25) is 0 Å². The smallest absolute Gasteiger partial charge is 0.272 e. The molecule has 146 valence electrons. The van der Waals surface area contributed by atoms with Gasteiger partial charge >= 0.3 is 0 Å². The van der Waals surface area contributed by atoms with Crippen LogP contribution >= 0.6 is 23.2 Å². The van der Waals surface area contributed by atoms with Crippen molar-refractivity contribution < 1.29 is 4.79 Å². The van der Waals surface area contributed by atoms with E-state index in [1.807, 2.05) is 47.0 Å². The van der Waals surface area contributed by atoms with Crippen molar-refractivity contribution in [1.82, 2.24) is 19.2 Å². The molecule has 4 rings (SSSR count). The number of carbonyl (C=O) groups is 1. The molecule has 7 heteroatoms. The van der Waals surface area contributed by atoms with Gasteiger partial charge in [-0.25, -0.2) is 4.68 Å². The Hall–Kier alpha value is -2.24. The number of aryl methyl sites for hydroxylation is 1. The van der Waals surface area contributed by atoms with E-state index < -0.39 is 0 Å². The lowest BCUT2D eigenvalue weighted by Crippen LogP contribution is -2.38. The molecular formula is C21H22Cl2N4O. The molecule has 0 radical (unpaired) electrons. The maximum absolute atomic E-state index is 13.3. The molecule has 5 nitrogen and oxygen atoms in total. The summed E-state index contributed by atoms with van der Waals surface area (Å²) in [5, 5.41) is 5.63. The molecule has 1 fully saturated rings. The molecule has 0 N–H and O–H groups in total. The summed E-state index contributed by atoms with van der Waals surface area (Å²) >= 11 is 12.3. The highest BCUT2D eigenvalue weighted by molar-refractivity contribution is 6.42. The zero-order chi connectivity index (χ0) is 19.8. The van der Waals surface area contributed by atoms with Crippen molar-refractivity contribution in [2.24, 2.45) is 13.0 Å². The Balaban J connectivity index is 1.79. The van der Waals surface area contributed by atoms with Crippen molar-refractivity contribution in [2.45, 2.75) is 19.8 Å². The Morgan fingerprint density at radius 2 is 1.86 bits per heavy atom. The van der Waals surface area contributed by atoms with E-state index in [1.165, 1.54) is 0 Å². The molecule has 1 aliphatic rings. The third-order valence-corrected chi connectivity index (χ3v) is 6.09. The van der Waals surface area contributed by atoms with Gasteiger partial charge in [-0.3, -0.25) is 4.79 Å². The topological polar surface area (TPSA) is 43.1 Å². The van der Waals surface area contributed by atoms with Gasteiger partial charge in [-0.1, -0.05) is 30.1 Å². The van der Waals surface area contributed by atoms with Gasteiger partial charge in [0.25, 0.3) is 5.91 Å². The van der Waals surface area contributed by atoms with E-state index in [0.717, 1.165) is 37.3 Å². The van der Waals surface area contributed by atoms with Gasteiger partial charge in [0, 0.05) is 26.3 Å². The number of piperidine rings is 1. The van der Waals surface area contributed by atoms with E-state index in [9.17, 15) is 4.79 Å². The molecule has 0 aliphatic carbocycles. The molecule has 0 bridgehead atoms. The molecule has 2 aromatic heterocycles. The minimum absolute atomic E-state index is 0.00840. The standard InChI is InChI=1S/C21H22Cl2N4O/c1-14-7-10-26(11-8-14)21(28)20-13-18(19-4-3-9-25(19)2)24-27(20)15-5-6-16(22)17(23)12-15/h3-6,9,12-14H,7-8,10-11H2,1-2H3. The first-order chi connectivity index (χ1) is 13.4. The first-order valence-corrected chi connectivity index (χ1v) is 10.2. The van der Waals surface area contributed by atoms with Gasteiger partial charge in [-0.05, 0) is 55.2 Å². The van der Waals surface area contributed by atoms with E-state index in [4.69, 9.17) is 28.3 Å². The maximum atomic E-state index is 13.3. The predicted octanol–water partition coefficient (Wildman–Crippen LogP) is 5.06. The van der Waals surface area contributed by atoms with Crippen molar-refractivity contribution in [1.29, 1.82) is 0 Å². The van der Waals surface area contributed by atoms with E-state index >= 15 is 0 Å². The molecule has 1 aromatic carbocycles. The van der Waals surface area contributed by atoms with Crippen LogP contribution in [-0.4, -0.2) is 38.2 Å². The summed E-state index contributed by atoms with van der Waals surface area (Å²) in [5.41, 5.74) is 2.93. The van der Waals surface area contributed by atoms with Gasteiger partial charge in [0.05, 0.1) is 21.4 Å². The number of aromatic nitrogens is 3. The lowest BCUT2D eigenvalue weighted by atomic mass is 9.99. The fourth-order valence-corrected chi connectivity index (χ4v) is 3.87. The summed E-state index contributed by atoms with van der Waals surface area (Å²) in [4.78, 5) is 15.2. The van der Waals surface area contributed by atoms with Crippen LogP contribution < -0.4 is 0 Å². The van der Waals surface area contributed by atoms with Crippen molar-refractivity contribution in [3.05, 3.63) is 58.3 Å². The number of carbonyl (C=O) groups excluding carboxylic acids is 1. The van der Waals surface area contributed by atoms with Crippen LogP contribution in [-0.2, 0) is 7.05 Å². The zero-order valence-corrected chi connectivity index (χ0v) is 17.4. The molecular weight excluding hydrogens is 395 g/mol. The largest absolute Gasteiger partial charge is 0.349 e. The molecule has 1 amide bonds.